The molecular formula is C11H7N3O3S. The molecule has 7 heteroatoms. The minimum Gasteiger partial charge on any atom is -0.407 e. The van der Waals surface area contributed by atoms with Gasteiger partial charge in [-0.25, -0.2) is 9.78 Å². The number of para-hydroxylation sites is 1. The zero-order valence-corrected chi connectivity index (χ0v) is 9.78. The number of aromatic amines is 1. The van der Waals surface area contributed by atoms with Crippen molar-refractivity contribution in [3.05, 3.63) is 45.9 Å². The number of benzene rings is 1. The van der Waals surface area contributed by atoms with E-state index >= 15 is 0 Å². The van der Waals surface area contributed by atoms with Gasteiger partial charge in [-0.05, 0) is 12.1 Å². The van der Waals surface area contributed by atoms with E-state index in [1.165, 1.54) is 11.3 Å². The van der Waals surface area contributed by atoms with Crippen LogP contribution in [-0.2, 0) is 0 Å². The molecule has 18 heavy (non-hydrogen) atoms. The molecule has 0 bridgehead atoms. The van der Waals surface area contributed by atoms with Gasteiger partial charge in [0.2, 0.25) is 0 Å². The van der Waals surface area contributed by atoms with Crippen LogP contribution in [0.5, 0.6) is 0 Å². The maximum atomic E-state index is 12.0. The van der Waals surface area contributed by atoms with Crippen LogP contribution >= 0.6 is 11.3 Å². The SMILES string of the molecule is O=C(Nc1nccs1)c1cccc2[nH]c(=O)oc12. The lowest BCUT2D eigenvalue weighted by Gasteiger charge is -2.01. The highest BCUT2D eigenvalue weighted by molar-refractivity contribution is 7.13. The standard InChI is InChI=1S/C11H7N3O3S/c15-9(14-10-12-4-5-18-10)6-2-1-3-7-8(6)17-11(16)13-7/h1-5H,(H,13,16)(H,12,14,15). The fourth-order valence-electron chi connectivity index (χ4n) is 1.60. The molecule has 0 radical (unpaired) electrons. The van der Waals surface area contributed by atoms with Crippen molar-refractivity contribution in [3.8, 4) is 0 Å². The molecule has 0 unspecified atom stereocenters. The molecule has 1 aromatic carbocycles. The van der Waals surface area contributed by atoms with Crippen molar-refractivity contribution >= 4 is 33.5 Å². The predicted molar refractivity (Wildman–Crippen MR) is 66.9 cm³/mol. The number of carbonyl (C=O) groups is 1. The van der Waals surface area contributed by atoms with Gasteiger partial charge in [0.05, 0.1) is 11.1 Å². The lowest BCUT2D eigenvalue weighted by molar-refractivity contribution is 0.102. The number of fused-ring (bicyclic) bond motifs is 1. The maximum Gasteiger partial charge on any atom is 0.417 e. The second kappa shape index (κ2) is 4.11. The van der Waals surface area contributed by atoms with E-state index in [1.54, 1.807) is 29.8 Å². The average molecular weight is 261 g/mol. The monoisotopic (exact) mass is 261 g/mol. The Balaban J connectivity index is 2.03. The highest BCUT2D eigenvalue weighted by Crippen LogP contribution is 2.18. The van der Waals surface area contributed by atoms with Gasteiger partial charge in [-0.15, -0.1) is 11.3 Å². The van der Waals surface area contributed by atoms with Gasteiger partial charge in [-0.2, -0.15) is 0 Å². The zero-order chi connectivity index (χ0) is 12.5. The number of anilines is 1. The van der Waals surface area contributed by atoms with Crippen LogP contribution in [-0.4, -0.2) is 15.9 Å². The lowest BCUT2D eigenvalue weighted by Crippen LogP contribution is -2.11. The number of carbonyl (C=O) groups excluding carboxylic acids is 1. The Kier molecular flexibility index (Phi) is 2.45. The van der Waals surface area contributed by atoms with Gasteiger partial charge in [0, 0.05) is 11.6 Å². The summed E-state index contributed by atoms with van der Waals surface area (Å²) >= 11 is 1.31. The Morgan fingerprint density at radius 2 is 2.33 bits per heavy atom. The number of oxazole rings is 1. The number of nitrogens with zero attached hydrogens (tertiary/aromatic N) is 1. The Bertz CT molecular complexity index is 757. The number of aromatic nitrogens is 2. The molecule has 0 saturated heterocycles. The van der Waals surface area contributed by atoms with Crippen LogP contribution in [0, 0.1) is 0 Å². The minimum atomic E-state index is -0.584. The Labute approximate surface area is 104 Å². The molecule has 90 valence electrons. The summed E-state index contributed by atoms with van der Waals surface area (Å²) in [5.41, 5.74) is 1.03. The molecule has 2 heterocycles. The second-order valence-corrected chi connectivity index (χ2v) is 4.38. The molecule has 0 fully saturated rings. The van der Waals surface area contributed by atoms with Crippen LogP contribution in [0.3, 0.4) is 0 Å². The maximum absolute atomic E-state index is 12.0. The van der Waals surface area contributed by atoms with Crippen molar-refractivity contribution in [1.82, 2.24) is 9.97 Å². The van der Waals surface area contributed by atoms with Gasteiger partial charge < -0.3 is 4.42 Å². The third-order valence-corrected chi connectivity index (χ3v) is 3.03. The molecule has 0 spiro atoms. The molecule has 2 aromatic heterocycles. The van der Waals surface area contributed by atoms with E-state index in [4.69, 9.17) is 4.42 Å². The van der Waals surface area contributed by atoms with Crippen LogP contribution in [0.1, 0.15) is 10.4 Å². The van der Waals surface area contributed by atoms with Gasteiger partial charge in [0.25, 0.3) is 5.91 Å². The quantitative estimate of drug-likeness (QED) is 0.736. The molecular weight excluding hydrogens is 254 g/mol. The van der Waals surface area contributed by atoms with Crippen LogP contribution in [0.25, 0.3) is 11.1 Å². The molecule has 0 saturated carbocycles. The van der Waals surface area contributed by atoms with Gasteiger partial charge in [0.1, 0.15) is 0 Å². The van der Waals surface area contributed by atoms with Crippen molar-refractivity contribution in [2.24, 2.45) is 0 Å². The number of hydrogen-bond donors (Lipinski definition) is 2. The molecule has 1 amide bonds. The third kappa shape index (κ3) is 1.80. The predicted octanol–water partition coefficient (Wildman–Crippen LogP) is 1.83. The number of hydrogen-bond acceptors (Lipinski definition) is 5. The molecule has 0 aliphatic rings. The first-order valence-corrected chi connectivity index (χ1v) is 5.95. The molecule has 0 aliphatic heterocycles. The van der Waals surface area contributed by atoms with Gasteiger partial charge in [-0.1, -0.05) is 6.07 Å². The highest BCUT2D eigenvalue weighted by Gasteiger charge is 2.14. The average Bonchev–Trinajstić information content (AvgIpc) is 2.95. The number of thiazole rings is 1. The van der Waals surface area contributed by atoms with Crippen molar-refractivity contribution in [1.29, 1.82) is 0 Å². The van der Waals surface area contributed by atoms with Crippen LogP contribution in [0.2, 0.25) is 0 Å². The molecule has 3 aromatic rings. The lowest BCUT2D eigenvalue weighted by atomic mass is 10.2. The largest absolute Gasteiger partial charge is 0.417 e. The fraction of sp³-hybridized carbons (Fsp3) is 0. The van der Waals surface area contributed by atoms with E-state index in [0.717, 1.165) is 0 Å². The Morgan fingerprint density at radius 1 is 1.44 bits per heavy atom. The summed E-state index contributed by atoms with van der Waals surface area (Å²) in [4.78, 5) is 29.6. The van der Waals surface area contributed by atoms with Gasteiger partial charge >= 0.3 is 5.76 Å². The summed E-state index contributed by atoms with van der Waals surface area (Å²) in [5, 5.41) is 4.88. The Hall–Kier alpha value is -2.41. The van der Waals surface area contributed by atoms with E-state index in [1.807, 2.05) is 0 Å². The summed E-state index contributed by atoms with van der Waals surface area (Å²) in [6.07, 6.45) is 1.59. The summed E-state index contributed by atoms with van der Waals surface area (Å²) in [6.45, 7) is 0. The zero-order valence-electron chi connectivity index (χ0n) is 8.97. The van der Waals surface area contributed by atoms with E-state index in [-0.39, 0.29) is 11.5 Å². The molecule has 2 N–H and O–H groups in total. The summed E-state index contributed by atoms with van der Waals surface area (Å²) < 4.78 is 4.95. The number of nitrogens with one attached hydrogen (secondary N) is 2. The molecule has 0 aliphatic carbocycles. The topological polar surface area (TPSA) is 88.0 Å². The molecule has 6 nitrogen and oxygen atoms in total. The van der Waals surface area contributed by atoms with Crippen molar-refractivity contribution in [2.75, 3.05) is 5.32 Å². The second-order valence-electron chi connectivity index (χ2n) is 3.49. The van der Waals surface area contributed by atoms with Gasteiger partial charge in [0.15, 0.2) is 10.7 Å². The van der Waals surface area contributed by atoms with Crippen LogP contribution in [0.15, 0.2) is 39.0 Å². The van der Waals surface area contributed by atoms with E-state index in [2.05, 4.69) is 15.3 Å². The van der Waals surface area contributed by atoms with Crippen LogP contribution < -0.4 is 11.1 Å². The number of amides is 1. The van der Waals surface area contributed by atoms with E-state index < -0.39 is 5.76 Å². The molecule has 3 rings (SSSR count). The molecule has 0 atom stereocenters. The first kappa shape index (κ1) is 10.7. The van der Waals surface area contributed by atoms with Crippen molar-refractivity contribution in [2.45, 2.75) is 0 Å². The minimum absolute atomic E-state index is 0.247. The summed E-state index contributed by atoms with van der Waals surface area (Å²) in [6, 6.07) is 4.92. The third-order valence-electron chi connectivity index (χ3n) is 2.34. The summed E-state index contributed by atoms with van der Waals surface area (Å²) in [7, 11) is 0. The fourth-order valence-corrected chi connectivity index (χ4v) is 2.13. The number of H-pyrrole nitrogens is 1. The van der Waals surface area contributed by atoms with Crippen molar-refractivity contribution in [3.63, 3.8) is 0 Å². The Morgan fingerprint density at radius 3 is 3.11 bits per heavy atom. The number of rotatable bonds is 2. The van der Waals surface area contributed by atoms with Crippen molar-refractivity contribution < 1.29 is 9.21 Å². The summed E-state index contributed by atoms with van der Waals surface area (Å²) in [5.74, 6) is -0.946. The first-order valence-electron chi connectivity index (χ1n) is 5.07. The van der Waals surface area contributed by atoms with Crippen LogP contribution in [0.4, 0.5) is 5.13 Å². The van der Waals surface area contributed by atoms with E-state index in [0.29, 0.717) is 16.2 Å². The van der Waals surface area contributed by atoms with Gasteiger partial charge in [-0.3, -0.25) is 15.1 Å². The highest BCUT2D eigenvalue weighted by atomic mass is 32.1. The normalized spacial score (nSPS) is 10.7. The van der Waals surface area contributed by atoms with E-state index in [9.17, 15) is 9.59 Å². The smallest absolute Gasteiger partial charge is 0.407 e. The first-order chi connectivity index (χ1) is 8.74.